The minimum absolute atomic E-state index is 0.889. The lowest BCUT2D eigenvalue weighted by Crippen LogP contribution is -2.00. The van der Waals surface area contributed by atoms with Crippen LogP contribution in [0.5, 0.6) is 0 Å². The molecule has 50 heavy (non-hydrogen) atoms. The minimum Gasteiger partial charge on any atom is -0.309 e. The van der Waals surface area contributed by atoms with Crippen LogP contribution in [0.1, 0.15) is 11.3 Å². The van der Waals surface area contributed by atoms with Crippen molar-refractivity contribution in [1.82, 2.24) is 14.1 Å². The summed E-state index contributed by atoms with van der Waals surface area (Å²) in [6.45, 7) is 8.35. The van der Waals surface area contributed by atoms with Crippen LogP contribution in [0.25, 0.3) is 89.9 Å². The SMILES string of the molecule is C=Cc1c(C=C)n(-c2ccccc2)c2ccc(-c3ccc4c(c3)c3ccccc3n4-c3cc(-c4ccccc4)cc(-c4ccccc4)n3)cc12. The fraction of sp³-hybridized carbons (Fsp3) is 0. The number of para-hydroxylation sites is 2. The molecule has 0 saturated carbocycles. The molecule has 0 N–H and O–H groups in total. The van der Waals surface area contributed by atoms with E-state index in [0.29, 0.717) is 0 Å². The van der Waals surface area contributed by atoms with E-state index >= 15 is 0 Å². The lowest BCUT2D eigenvalue weighted by Gasteiger charge is -2.13. The predicted octanol–water partition coefficient (Wildman–Crippen LogP) is 12.4. The minimum atomic E-state index is 0.889. The fourth-order valence-corrected chi connectivity index (χ4v) is 7.37. The third kappa shape index (κ3) is 4.79. The van der Waals surface area contributed by atoms with Crippen molar-refractivity contribution in [2.75, 3.05) is 0 Å². The molecule has 0 unspecified atom stereocenters. The molecule has 0 aliphatic rings. The van der Waals surface area contributed by atoms with E-state index in [9.17, 15) is 0 Å². The summed E-state index contributed by atoms with van der Waals surface area (Å²) in [5.74, 6) is 0.889. The number of nitrogens with zero attached hydrogens (tertiary/aromatic N) is 3. The highest BCUT2D eigenvalue weighted by Crippen LogP contribution is 2.39. The van der Waals surface area contributed by atoms with Crippen LogP contribution >= 0.6 is 0 Å². The summed E-state index contributed by atoms with van der Waals surface area (Å²) in [5.41, 5.74) is 13.2. The molecule has 0 amide bonds. The number of aromatic nitrogens is 3. The molecule has 0 bridgehead atoms. The molecule has 0 saturated heterocycles. The molecule has 0 aliphatic heterocycles. The maximum absolute atomic E-state index is 5.29. The van der Waals surface area contributed by atoms with Crippen LogP contribution in [0.2, 0.25) is 0 Å². The molecule has 3 nitrogen and oxygen atoms in total. The monoisotopic (exact) mass is 639 g/mol. The first-order chi connectivity index (χ1) is 24.7. The Morgan fingerprint density at radius 2 is 1.00 bits per heavy atom. The number of rotatable bonds is 7. The number of pyridine rings is 1. The van der Waals surface area contributed by atoms with Gasteiger partial charge in [0.15, 0.2) is 0 Å². The van der Waals surface area contributed by atoms with Gasteiger partial charge < -0.3 is 4.57 Å². The Bertz CT molecular complexity index is 2660. The molecule has 0 atom stereocenters. The molecule has 0 fully saturated rings. The molecule has 3 heterocycles. The summed E-state index contributed by atoms with van der Waals surface area (Å²) in [6, 6.07) is 58.0. The first kappa shape index (κ1) is 29.4. The van der Waals surface area contributed by atoms with Crippen molar-refractivity contribution in [1.29, 1.82) is 0 Å². The Hall–Kier alpha value is -6.71. The van der Waals surface area contributed by atoms with Gasteiger partial charge in [-0.3, -0.25) is 4.57 Å². The first-order valence-corrected chi connectivity index (χ1v) is 16.9. The first-order valence-electron chi connectivity index (χ1n) is 16.9. The van der Waals surface area contributed by atoms with Crippen molar-refractivity contribution >= 4 is 44.9 Å². The van der Waals surface area contributed by atoms with Crippen molar-refractivity contribution in [3.05, 3.63) is 188 Å². The second-order valence-corrected chi connectivity index (χ2v) is 12.5. The predicted molar refractivity (Wildman–Crippen MR) is 212 cm³/mol. The van der Waals surface area contributed by atoms with E-state index in [2.05, 4.69) is 174 Å². The van der Waals surface area contributed by atoms with Crippen LogP contribution in [0.3, 0.4) is 0 Å². The normalized spacial score (nSPS) is 11.4. The standard InChI is InChI=1S/C47H33N3/c1-3-38-40-28-34(24-26-45(40)49(43(38)4-2)37-20-12-7-13-21-37)35-25-27-46-41(29-35)39-22-14-15-23-44(39)50(46)47-31-36(32-16-8-5-9-17-32)30-42(48-47)33-18-10-6-11-19-33/h3-31H,1-2H2. The van der Waals surface area contributed by atoms with Gasteiger partial charge in [0, 0.05) is 33.0 Å². The second kappa shape index (κ2) is 12.1. The number of benzene rings is 6. The smallest absolute Gasteiger partial charge is 0.138 e. The second-order valence-electron chi connectivity index (χ2n) is 12.5. The number of hydrogen-bond acceptors (Lipinski definition) is 1. The molecule has 236 valence electrons. The average molecular weight is 640 g/mol. The van der Waals surface area contributed by atoms with Crippen molar-refractivity contribution < 1.29 is 0 Å². The lowest BCUT2D eigenvalue weighted by atomic mass is 10.00. The van der Waals surface area contributed by atoms with Gasteiger partial charge in [-0.15, -0.1) is 0 Å². The summed E-state index contributed by atoms with van der Waals surface area (Å²) < 4.78 is 4.57. The van der Waals surface area contributed by atoms with E-state index in [4.69, 9.17) is 4.98 Å². The fourth-order valence-electron chi connectivity index (χ4n) is 7.37. The summed E-state index contributed by atoms with van der Waals surface area (Å²) in [6.07, 6.45) is 3.87. The molecule has 0 spiro atoms. The molecule has 0 aliphatic carbocycles. The molecule has 6 aromatic carbocycles. The molecular weight excluding hydrogens is 607 g/mol. The summed E-state index contributed by atoms with van der Waals surface area (Å²) in [4.78, 5) is 5.29. The van der Waals surface area contributed by atoms with Gasteiger partial charge in [0.05, 0.1) is 27.9 Å². The molecule has 9 rings (SSSR count). The van der Waals surface area contributed by atoms with Crippen LogP contribution in [0.15, 0.2) is 177 Å². The van der Waals surface area contributed by atoms with Crippen molar-refractivity contribution in [2.45, 2.75) is 0 Å². The molecular formula is C47H33N3. The molecule has 9 aromatic rings. The third-order valence-corrected chi connectivity index (χ3v) is 9.68. The number of hydrogen-bond donors (Lipinski definition) is 0. The Balaban J connectivity index is 1.24. The van der Waals surface area contributed by atoms with E-state index in [1.807, 2.05) is 24.3 Å². The largest absolute Gasteiger partial charge is 0.309 e. The van der Waals surface area contributed by atoms with Crippen molar-refractivity contribution in [3.8, 4) is 45.0 Å². The van der Waals surface area contributed by atoms with Crippen molar-refractivity contribution in [3.63, 3.8) is 0 Å². The quantitative estimate of drug-likeness (QED) is 0.170. The van der Waals surface area contributed by atoms with Gasteiger partial charge in [0.1, 0.15) is 5.82 Å². The topological polar surface area (TPSA) is 22.8 Å². The van der Waals surface area contributed by atoms with Crippen LogP contribution in [-0.2, 0) is 0 Å². The molecule has 3 aromatic heterocycles. The van der Waals surface area contributed by atoms with Gasteiger partial charge in [-0.05, 0) is 82.9 Å². The van der Waals surface area contributed by atoms with Crippen LogP contribution in [-0.4, -0.2) is 14.1 Å². The Kier molecular flexibility index (Phi) is 7.10. The van der Waals surface area contributed by atoms with E-state index in [0.717, 1.165) is 78.2 Å². The Labute approximate surface area is 291 Å². The third-order valence-electron chi connectivity index (χ3n) is 9.68. The lowest BCUT2D eigenvalue weighted by molar-refractivity contribution is 1.08. The average Bonchev–Trinajstić information content (AvgIpc) is 3.70. The van der Waals surface area contributed by atoms with E-state index in [1.54, 1.807) is 0 Å². The zero-order chi connectivity index (χ0) is 33.6. The van der Waals surface area contributed by atoms with Gasteiger partial charge in [-0.1, -0.05) is 128 Å². The summed E-state index contributed by atoms with van der Waals surface area (Å²) in [5, 5.41) is 3.52. The molecule has 3 heteroatoms. The van der Waals surface area contributed by atoms with Gasteiger partial charge in [0.25, 0.3) is 0 Å². The van der Waals surface area contributed by atoms with Crippen LogP contribution < -0.4 is 0 Å². The molecule has 0 radical (unpaired) electrons. The van der Waals surface area contributed by atoms with Crippen LogP contribution in [0, 0.1) is 0 Å². The van der Waals surface area contributed by atoms with Crippen LogP contribution in [0.4, 0.5) is 0 Å². The van der Waals surface area contributed by atoms with E-state index < -0.39 is 0 Å². The number of fused-ring (bicyclic) bond motifs is 4. The van der Waals surface area contributed by atoms with E-state index in [-0.39, 0.29) is 0 Å². The maximum atomic E-state index is 5.29. The Morgan fingerprint density at radius 3 is 1.68 bits per heavy atom. The highest BCUT2D eigenvalue weighted by atomic mass is 15.1. The zero-order valence-corrected chi connectivity index (χ0v) is 27.5. The van der Waals surface area contributed by atoms with Gasteiger partial charge in [-0.25, -0.2) is 4.98 Å². The van der Waals surface area contributed by atoms with Gasteiger partial charge >= 0.3 is 0 Å². The summed E-state index contributed by atoms with van der Waals surface area (Å²) >= 11 is 0. The zero-order valence-electron chi connectivity index (χ0n) is 27.5. The highest BCUT2D eigenvalue weighted by molar-refractivity contribution is 6.10. The van der Waals surface area contributed by atoms with Crippen molar-refractivity contribution in [2.24, 2.45) is 0 Å². The Morgan fingerprint density at radius 1 is 0.420 bits per heavy atom. The van der Waals surface area contributed by atoms with Gasteiger partial charge in [-0.2, -0.15) is 0 Å². The van der Waals surface area contributed by atoms with Gasteiger partial charge in [0.2, 0.25) is 0 Å². The summed E-state index contributed by atoms with van der Waals surface area (Å²) in [7, 11) is 0. The van der Waals surface area contributed by atoms with E-state index in [1.165, 1.54) is 10.8 Å². The highest BCUT2D eigenvalue weighted by Gasteiger charge is 2.18. The maximum Gasteiger partial charge on any atom is 0.138 e.